The monoisotopic (exact) mass is 399 g/mol. The smallest absolute Gasteiger partial charge is 0.0594 e. The van der Waals surface area contributed by atoms with Gasteiger partial charge in [-0.15, -0.1) is 0 Å². The van der Waals surface area contributed by atoms with Gasteiger partial charge in [0.2, 0.25) is 0 Å². The summed E-state index contributed by atoms with van der Waals surface area (Å²) in [6.07, 6.45) is 12.4. The van der Waals surface area contributed by atoms with Gasteiger partial charge in [-0.25, -0.2) is 0 Å². The molecule has 164 valence electrons. The van der Waals surface area contributed by atoms with Crippen molar-refractivity contribution in [1.29, 1.82) is 0 Å². The van der Waals surface area contributed by atoms with E-state index in [1.807, 2.05) is 0 Å². The SMILES string of the molecule is CC(CCN(C)C)C1CC=C2C3=C(CCC21C)C1(C)CCC(O)C(C)(C)C1CC3. The standard InChI is InChI=1S/C27H45NO/c1-18(14-17-28(6)7)20-9-10-21-19-8-11-23-25(2,3)24(29)13-16-27(23,5)22(19)12-15-26(20,21)4/h10,18,20,23-24,29H,8-9,11-17H2,1-7H3. The summed E-state index contributed by atoms with van der Waals surface area (Å²) >= 11 is 0. The first kappa shape index (κ1) is 21.6. The number of rotatable bonds is 4. The molecule has 1 saturated carbocycles. The van der Waals surface area contributed by atoms with Gasteiger partial charge in [0.25, 0.3) is 0 Å². The number of aliphatic hydroxyl groups excluding tert-OH is 1. The Balaban J connectivity index is 1.63. The van der Waals surface area contributed by atoms with E-state index in [1.165, 1.54) is 51.5 Å². The Morgan fingerprint density at radius 3 is 2.48 bits per heavy atom. The first-order chi connectivity index (χ1) is 13.5. The predicted molar refractivity (Wildman–Crippen MR) is 123 cm³/mol. The topological polar surface area (TPSA) is 23.5 Å². The lowest BCUT2D eigenvalue weighted by atomic mass is 9.46. The van der Waals surface area contributed by atoms with Crippen molar-refractivity contribution in [1.82, 2.24) is 4.90 Å². The molecule has 0 aromatic carbocycles. The minimum absolute atomic E-state index is 0.0412. The summed E-state index contributed by atoms with van der Waals surface area (Å²) in [5.41, 5.74) is 6.01. The lowest BCUT2D eigenvalue weighted by Crippen LogP contribution is -2.53. The van der Waals surface area contributed by atoms with Crippen LogP contribution in [-0.2, 0) is 0 Å². The summed E-state index contributed by atoms with van der Waals surface area (Å²) in [5.74, 6) is 2.22. The molecule has 2 heteroatoms. The van der Waals surface area contributed by atoms with Gasteiger partial charge < -0.3 is 10.0 Å². The van der Waals surface area contributed by atoms with Gasteiger partial charge in [0, 0.05) is 0 Å². The minimum Gasteiger partial charge on any atom is -0.393 e. The summed E-state index contributed by atoms with van der Waals surface area (Å²) in [6.45, 7) is 13.5. The third kappa shape index (κ3) is 3.19. The zero-order chi connectivity index (χ0) is 21.2. The summed E-state index contributed by atoms with van der Waals surface area (Å²) in [4.78, 5) is 2.34. The van der Waals surface area contributed by atoms with Gasteiger partial charge in [-0.3, -0.25) is 0 Å². The van der Waals surface area contributed by atoms with E-state index in [0.29, 0.717) is 16.7 Å². The maximum absolute atomic E-state index is 10.7. The van der Waals surface area contributed by atoms with E-state index in [0.717, 1.165) is 18.3 Å². The average Bonchev–Trinajstić information content (AvgIpc) is 3.00. The summed E-state index contributed by atoms with van der Waals surface area (Å²) < 4.78 is 0. The highest BCUT2D eigenvalue weighted by molar-refractivity contribution is 5.49. The fourth-order valence-electron chi connectivity index (χ4n) is 8.24. The first-order valence-electron chi connectivity index (χ1n) is 12.3. The van der Waals surface area contributed by atoms with E-state index >= 15 is 0 Å². The first-order valence-corrected chi connectivity index (χ1v) is 12.3. The van der Waals surface area contributed by atoms with Crippen molar-refractivity contribution >= 4 is 0 Å². The van der Waals surface area contributed by atoms with Crippen LogP contribution in [0.2, 0.25) is 0 Å². The molecule has 0 amide bonds. The Bertz CT molecular complexity index is 716. The second-order valence-electron chi connectivity index (χ2n) is 12.3. The number of nitrogens with zero attached hydrogens (tertiary/aromatic N) is 1. The number of hydrogen-bond acceptors (Lipinski definition) is 2. The zero-order valence-electron chi connectivity index (χ0n) is 20.1. The lowest BCUT2D eigenvalue weighted by Gasteiger charge is -2.59. The van der Waals surface area contributed by atoms with Crippen LogP contribution in [0.25, 0.3) is 0 Å². The third-order valence-electron chi connectivity index (χ3n) is 10.1. The van der Waals surface area contributed by atoms with E-state index in [-0.39, 0.29) is 11.5 Å². The predicted octanol–water partition coefficient (Wildman–Crippen LogP) is 6.21. The highest BCUT2D eigenvalue weighted by Gasteiger charge is 2.57. The van der Waals surface area contributed by atoms with Crippen LogP contribution in [0.15, 0.2) is 22.8 Å². The molecule has 1 fully saturated rings. The van der Waals surface area contributed by atoms with Crippen LogP contribution in [0.4, 0.5) is 0 Å². The Hall–Kier alpha value is -0.600. The van der Waals surface area contributed by atoms with E-state index in [2.05, 4.69) is 59.7 Å². The van der Waals surface area contributed by atoms with Gasteiger partial charge in [0.15, 0.2) is 0 Å². The summed E-state index contributed by atoms with van der Waals surface area (Å²) in [6, 6.07) is 0. The molecule has 29 heavy (non-hydrogen) atoms. The lowest BCUT2D eigenvalue weighted by molar-refractivity contribution is -0.0905. The van der Waals surface area contributed by atoms with Crippen molar-refractivity contribution in [3.63, 3.8) is 0 Å². The van der Waals surface area contributed by atoms with Crippen molar-refractivity contribution in [2.75, 3.05) is 20.6 Å². The van der Waals surface area contributed by atoms with E-state index in [9.17, 15) is 5.11 Å². The molecule has 0 saturated heterocycles. The Morgan fingerprint density at radius 1 is 1.07 bits per heavy atom. The minimum atomic E-state index is -0.135. The average molecular weight is 400 g/mol. The molecular formula is C27H45NO. The van der Waals surface area contributed by atoms with Gasteiger partial charge >= 0.3 is 0 Å². The Morgan fingerprint density at radius 2 is 1.79 bits per heavy atom. The van der Waals surface area contributed by atoms with Crippen LogP contribution < -0.4 is 0 Å². The van der Waals surface area contributed by atoms with Gasteiger partial charge in [-0.05, 0) is 117 Å². The normalized spacial score (nSPS) is 42.2. The number of allylic oxidation sites excluding steroid dienone is 4. The number of aliphatic hydroxyl groups is 1. The van der Waals surface area contributed by atoms with Gasteiger partial charge in [0.1, 0.15) is 0 Å². The van der Waals surface area contributed by atoms with Gasteiger partial charge in [0.05, 0.1) is 6.10 Å². The van der Waals surface area contributed by atoms with Crippen LogP contribution in [-0.4, -0.2) is 36.8 Å². The molecule has 6 atom stereocenters. The molecule has 0 spiro atoms. The number of fused-ring (bicyclic) bond motifs is 4. The largest absolute Gasteiger partial charge is 0.393 e. The molecule has 4 aliphatic rings. The van der Waals surface area contributed by atoms with Crippen LogP contribution >= 0.6 is 0 Å². The summed E-state index contributed by atoms with van der Waals surface area (Å²) in [7, 11) is 4.40. The molecule has 0 radical (unpaired) electrons. The Kier molecular flexibility index (Phi) is 5.39. The fraction of sp³-hybridized carbons (Fsp3) is 0.852. The summed E-state index contributed by atoms with van der Waals surface area (Å²) in [5, 5.41) is 10.7. The molecule has 4 aliphatic carbocycles. The maximum Gasteiger partial charge on any atom is 0.0594 e. The molecule has 6 unspecified atom stereocenters. The highest BCUT2D eigenvalue weighted by atomic mass is 16.3. The molecule has 2 nitrogen and oxygen atoms in total. The molecule has 0 bridgehead atoms. The van der Waals surface area contributed by atoms with E-state index in [4.69, 9.17) is 0 Å². The number of hydrogen-bond donors (Lipinski definition) is 1. The zero-order valence-corrected chi connectivity index (χ0v) is 20.1. The molecule has 4 rings (SSSR count). The maximum atomic E-state index is 10.7. The van der Waals surface area contributed by atoms with Crippen molar-refractivity contribution in [3.8, 4) is 0 Å². The van der Waals surface area contributed by atoms with Crippen LogP contribution in [0.5, 0.6) is 0 Å². The van der Waals surface area contributed by atoms with Crippen LogP contribution in [0.1, 0.15) is 86.0 Å². The van der Waals surface area contributed by atoms with E-state index < -0.39 is 0 Å². The second-order valence-corrected chi connectivity index (χ2v) is 12.3. The van der Waals surface area contributed by atoms with Gasteiger partial charge in [-0.2, -0.15) is 0 Å². The third-order valence-corrected chi connectivity index (χ3v) is 10.1. The molecule has 0 heterocycles. The van der Waals surface area contributed by atoms with Crippen molar-refractivity contribution in [2.24, 2.45) is 34.0 Å². The van der Waals surface area contributed by atoms with Crippen LogP contribution in [0, 0.1) is 34.0 Å². The van der Waals surface area contributed by atoms with Crippen LogP contribution in [0.3, 0.4) is 0 Å². The van der Waals surface area contributed by atoms with Crippen molar-refractivity contribution in [2.45, 2.75) is 92.1 Å². The Labute approximate surface area is 179 Å². The van der Waals surface area contributed by atoms with Crippen molar-refractivity contribution < 1.29 is 5.11 Å². The highest BCUT2D eigenvalue weighted by Crippen LogP contribution is 2.66. The van der Waals surface area contributed by atoms with Gasteiger partial charge in [-0.1, -0.05) is 46.3 Å². The second kappa shape index (κ2) is 7.23. The fourth-order valence-corrected chi connectivity index (χ4v) is 8.24. The quantitative estimate of drug-likeness (QED) is 0.607. The van der Waals surface area contributed by atoms with Crippen molar-refractivity contribution in [3.05, 3.63) is 22.8 Å². The molecule has 1 N–H and O–H groups in total. The molecule has 0 aromatic heterocycles. The van der Waals surface area contributed by atoms with E-state index in [1.54, 1.807) is 16.7 Å². The molecule has 0 aliphatic heterocycles. The molecule has 0 aromatic rings. The molecular weight excluding hydrogens is 354 g/mol.